The number of carbonyl (C=O) groups is 2. The second-order valence-electron chi connectivity index (χ2n) is 7.41. The number of unbranched alkanes of at least 4 members (excludes halogenated alkanes) is 4. The molecule has 5 heteroatoms. The van der Waals surface area contributed by atoms with Crippen LogP contribution in [0.1, 0.15) is 57.4 Å². The fourth-order valence-electron chi connectivity index (χ4n) is 3.25. The van der Waals surface area contributed by atoms with E-state index in [0.29, 0.717) is 17.8 Å². The Bertz CT molecular complexity index is 805. The SMILES string of the molecule is CCCCCCCNC(=O)N(C)c1cc(C(C)C(=O)O)ccc1-c1ccccc1. The molecule has 0 aliphatic heterocycles. The van der Waals surface area contributed by atoms with Crippen LogP contribution in [0.25, 0.3) is 11.1 Å². The summed E-state index contributed by atoms with van der Waals surface area (Å²) in [4.78, 5) is 25.7. The molecular weight excluding hydrogens is 364 g/mol. The first-order valence-corrected chi connectivity index (χ1v) is 10.4. The van der Waals surface area contributed by atoms with Gasteiger partial charge in [0.05, 0.1) is 11.6 Å². The van der Waals surface area contributed by atoms with Gasteiger partial charge in [-0.1, -0.05) is 75.1 Å². The molecule has 2 aromatic carbocycles. The summed E-state index contributed by atoms with van der Waals surface area (Å²) < 4.78 is 0. The number of aliphatic carboxylic acids is 1. The summed E-state index contributed by atoms with van der Waals surface area (Å²) in [5.41, 5.74) is 3.25. The van der Waals surface area contributed by atoms with Gasteiger partial charge in [-0.3, -0.25) is 9.69 Å². The zero-order valence-electron chi connectivity index (χ0n) is 17.6. The molecule has 29 heavy (non-hydrogen) atoms. The predicted octanol–water partition coefficient (Wildman–Crippen LogP) is 5.66. The van der Waals surface area contributed by atoms with Crippen molar-refractivity contribution in [1.29, 1.82) is 0 Å². The molecule has 0 radical (unpaired) electrons. The topological polar surface area (TPSA) is 69.6 Å². The first-order valence-electron chi connectivity index (χ1n) is 10.4. The monoisotopic (exact) mass is 396 g/mol. The summed E-state index contributed by atoms with van der Waals surface area (Å²) in [6, 6.07) is 15.2. The van der Waals surface area contributed by atoms with E-state index in [9.17, 15) is 14.7 Å². The Morgan fingerprint density at radius 2 is 1.72 bits per heavy atom. The lowest BCUT2D eigenvalue weighted by Crippen LogP contribution is -2.38. The predicted molar refractivity (Wildman–Crippen MR) is 118 cm³/mol. The summed E-state index contributed by atoms with van der Waals surface area (Å²) in [7, 11) is 1.73. The Labute approximate surface area is 173 Å². The van der Waals surface area contributed by atoms with Crippen LogP contribution in [0.15, 0.2) is 48.5 Å². The number of anilines is 1. The highest BCUT2D eigenvalue weighted by atomic mass is 16.4. The molecule has 0 aromatic heterocycles. The van der Waals surface area contributed by atoms with E-state index in [1.807, 2.05) is 48.5 Å². The number of urea groups is 1. The van der Waals surface area contributed by atoms with Crippen molar-refractivity contribution in [2.24, 2.45) is 0 Å². The number of carboxylic acids is 1. The van der Waals surface area contributed by atoms with Gasteiger partial charge in [0.15, 0.2) is 0 Å². The summed E-state index contributed by atoms with van der Waals surface area (Å²) in [6.45, 7) is 4.47. The Balaban J connectivity index is 2.21. The lowest BCUT2D eigenvalue weighted by Gasteiger charge is -2.23. The van der Waals surface area contributed by atoms with Crippen LogP contribution < -0.4 is 10.2 Å². The van der Waals surface area contributed by atoms with Gasteiger partial charge in [-0.15, -0.1) is 0 Å². The summed E-state index contributed by atoms with van der Waals surface area (Å²) in [6.07, 6.45) is 5.68. The number of hydrogen-bond acceptors (Lipinski definition) is 2. The van der Waals surface area contributed by atoms with Crippen LogP contribution in [0.2, 0.25) is 0 Å². The molecule has 0 aliphatic carbocycles. The molecule has 156 valence electrons. The maximum atomic E-state index is 12.7. The molecule has 2 N–H and O–H groups in total. The highest BCUT2D eigenvalue weighted by molar-refractivity contribution is 5.96. The summed E-state index contributed by atoms with van der Waals surface area (Å²) in [5, 5.41) is 12.4. The van der Waals surface area contributed by atoms with Gasteiger partial charge >= 0.3 is 12.0 Å². The standard InChI is InChI=1S/C24H32N2O3/c1-4-5-6-7-11-16-25-24(29)26(3)22-17-20(18(2)23(27)28)14-15-21(22)19-12-9-8-10-13-19/h8-10,12-15,17-18H,4-7,11,16H2,1-3H3,(H,25,29)(H,27,28). The van der Waals surface area contributed by atoms with E-state index in [-0.39, 0.29) is 6.03 Å². The Morgan fingerprint density at radius 3 is 2.38 bits per heavy atom. The van der Waals surface area contributed by atoms with Crippen molar-refractivity contribution in [1.82, 2.24) is 5.32 Å². The van der Waals surface area contributed by atoms with Crippen molar-refractivity contribution in [3.8, 4) is 11.1 Å². The van der Waals surface area contributed by atoms with Gasteiger partial charge in [0, 0.05) is 19.2 Å². The molecule has 1 unspecified atom stereocenters. The first-order chi connectivity index (χ1) is 14.0. The van der Waals surface area contributed by atoms with Gasteiger partial charge < -0.3 is 10.4 Å². The molecule has 0 saturated heterocycles. The number of hydrogen-bond donors (Lipinski definition) is 2. The molecule has 0 aliphatic rings. The van der Waals surface area contributed by atoms with Gasteiger partial charge in [-0.05, 0) is 30.5 Å². The van der Waals surface area contributed by atoms with Crippen LogP contribution in [0.3, 0.4) is 0 Å². The highest BCUT2D eigenvalue weighted by Crippen LogP contribution is 2.33. The Morgan fingerprint density at radius 1 is 1.03 bits per heavy atom. The molecule has 2 aromatic rings. The van der Waals surface area contributed by atoms with Gasteiger partial charge in [0.1, 0.15) is 0 Å². The highest BCUT2D eigenvalue weighted by Gasteiger charge is 2.20. The van der Waals surface area contributed by atoms with Crippen LogP contribution in [0.4, 0.5) is 10.5 Å². The fourth-order valence-corrected chi connectivity index (χ4v) is 3.25. The molecule has 0 fully saturated rings. The maximum Gasteiger partial charge on any atom is 0.321 e. The average Bonchev–Trinajstić information content (AvgIpc) is 2.75. The van der Waals surface area contributed by atoms with Gasteiger partial charge in [-0.2, -0.15) is 0 Å². The quantitative estimate of drug-likeness (QED) is 0.509. The van der Waals surface area contributed by atoms with E-state index < -0.39 is 11.9 Å². The molecular formula is C24H32N2O3. The summed E-state index contributed by atoms with van der Waals surface area (Å²) in [5.74, 6) is -1.53. The van der Waals surface area contributed by atoms with Crippen molar-refractivity contribution in [3.63, 3.8) is 0 Å². The lowest BCUT2D eigenvalue weighted by atomic mass is 9.95. The fraction of sp³-hybridized carbons (Fsp3) is 0.417. The maximum absolute atomic E-state index is 12.7. The van der Waals surface area contributed by atoms with E-state index in [2.05, 4.69) is 12.2 Å². The second-order valence-corrected chi connectivity index (χ2v) is 7.41. The van der Waals surface area contributed by atoms with E-state index in [0.717, 1.165) is 24.0 Å². The van der Waals surface area contributed by atoms with Crippen molar-refractivity contribution in [2.45, 2.75) is 51.9 Å². The van der Waals surface area contributed by atoms with E-state index >= 15 is 0 Å². The number of nitrogens with one attached hydrogen (secondary N) is 1. The lowest BCUT2D eigenvalue weighted by molar-refractivity contribution is -0.138. The molecule has 0 spiro atoms. The molecule has 0 saturated carbocycles. The van der Waals surface area contributed by atoms with Crippen LogP contribution in [0.5, 0.6) is 0 Å². The van der Waals surface area contributed by atoms with Gasteiger partial charge in [0.25, 0.3) is 0 Å². The zero-order valence-corrected chi connectivity index (χ0v) is 17.6. The number of amides is 2. The van der Waals surface area contributed by atoms with Crippen LogP contribution >= 0.6 is 0 Å². The Hall–Kier alpha value is -2.82. The summed E-state index contributed by atoms with van der Waals surface area (Å²) >= 11 is 0. The van der Waals surface area contributed by atoms with E-state index in [4.69, 9.17) is 0 Å². The minimum absolute atomic E-state index is 0.183. The van der Waals surface area contributed by atoms with Crippen molar-refractivity contribution in [2.75, 3.05) is 18.5 Å². The number of benzene rings is 2. The normalized spacial score (nSPS) is 11.7. The third-order valence-electron chi connectivity index (χ3n) is 5.20. The van der Waals surface area contributed by atoms with Crippen molar-refractivity contribution in [3.05, 3.63) is 54.1 Å². The molecule has 1 atom stereocenters. The van der Waals surface area contributed by atoms with Crippen molar-refractivity contribution < 1.29 is 14.7 Å². The first kappa shape index (κ1) is 22.5. The number of carboxylic acid groups (broad SMARTS) is 1. The zero-order chi connectivity index (χ0) is 21.2. The number of nitrogens with zero attached hydrogens (tertiary/aromatic N) is 1. The van der Waals surface area contributed by atoms with Gasteiger partial charge in [-0.25, -0.2) is 4.79 Å². The smallest absolute Gasteiger partial charge is 0.321 e. The largest absolute Gasteiger partial charge is 0.481 e. The van der Waals surface area contributed by atoms with Gasteiger partial charge in [0.2, 0.25) is 0 Å². The molecule has 5 nitrogen and oxygen atoms in total. The second kappa shape index (κ2) is 11.2. The number of rotatable bonds is 10. The van der Waals surface area contributed by atoms with E-state index in [1.165, 1.54) is 19.3 Å². The minimum atomic E-state index is -0.886. The molecule has 2 rings (SSSR count). The molecule has 2 amide bonds. The van der Waals surface area contributed by atoms with Crippen LogP contribution in [0, 0.1) is 0 Å². The number of carbonyl (C=O) groups excluding carboxylic acids is 1. The third-order valence-corrected chi connectivity index (χ3v) is 5.20. The molecule has 0 heterocycles. The third kappa shape index (κ3) is 6.34. The minimum Gasteiger partial charge on any atom is -0.481 e. The van der Waals surface area contributed by atoms with Crippen molar-refractivity contribution >= 4 is 17.7 Å². The van der Waals surface area contributed by atoms with Crippen LogP contribution in [-0.4, -0.2) is 30.7 Å². The molecule has 0 bridgehead atoms. The average molecular weight is 397 g/mol. The van der Waals surface area contributed by atoms with E-state index in [1.54, 1.807) is 18.9 Å². The Kier molecular flexibility index (Phi) is 8.71. The van der Waals surface area contributed by atoms with Crippen LogP contribution in [-0.2, 0) is 4.79 Å².